The number of rotatable bonds is 15. The van der Waals surface area contributed by atoms with Crippen molar-refractivity contribution in [1.29, 1.82) is 0 Å². The van der Waals surface area contributed by atoms with Crippen LogP contribution in [0.15, 0.2) is 89.7 Å². The summed E-state index contributed by atoms with van der Waals surface area (Å²) >= 11 is 6.49. The minimum atomic E-state index is -0.499. The number of carbonyl (C=O) groups is 1. The number of fused-ring (bicyclic) bond motifs is 1. The van der Waals surface area contributed by atoms with Crippen LogP contribution in [0.4, 0.5) is 11.4 Å². The fourth-order valence-electron chi connectivity index (χ4n) is 9.17. The quantitative estimate of drug-likeness (QED) is 0.106. The van der Waals surface area contributed by atoms with E-state index in [-0.39, 0.29) is 52.5 Å². The molecular formula is C51H67ClN4O4. The van der Waals surface area contributed by atoms with E-state index in [1.54, 1.807) is 4.40 Å². The maximum atomic E-state index is 15.5. The van der Waals surface area contributed by atoms with E-state index in [0.29, 0.717) is 40.6 Å². The highest BCUT2D eigenvalue weighted by atomic mass is 35.5. The number of nitrogens with one attached hydrogen (secondary N) is 1. The Morgan fingerprint density at radius 1 is 0.850 bits per heavy atom. The molecule has 2 aromatic heterocycles. The number of halogens is 1. The highest BCUT2D eigenvalue weighted by Gasteiger charge is 2.48. The number of aromatic amines is 1. The Hall–Kier alpha value is -4.56. The summed E-state index contributed by atoms with van der Waals surface area (Å²) in [6.07, 6.45) is 5.84. The summed E-state index contributed by atoms with van der Waals surface area (Å²) in [5, 5.41) is 0.561. The topological polar surface area (TPSA) is 88.9 Å². The highest BCUT2D eigenvalue weighted by Crippen LogP contribution is 2.50. The minimum absolute atomic E-state index is 0.0808. The molecule has 1 saturated carbocycles. The molecule has 0 spiro atoms. The van der Waals surface area contributed by atoms with Crippen LogP contribution in [0.5, 0.6) is 6.01 Å². The van der Waals surface area contributed by atoms with Crippen molar-refractivity contribution in [3.8, 4) is 17.1 Å². The first-order valence-electron chi connectivity index (χ1n) is 22.1. The number of hydrogen-bond donors (Lipinski definition) is 1. The SMILES string of the molecule is CC(C)CCCC(C)CCOc1nc2c(C(=O)OC3C(C(C)(C)C)CC(C)CC3C(C)(C)C)c(-c3ccc(Cl)cc3)c(CN(c3ccccc3)c3ccccc3)n2c(=O)[nH]1. The molecule has 1 N–H and O–H groups in total. The van der Waals surface area contributed by atoms with Gasteiger partial charge in [-0.05, 0) is 89.8 Å². The zero-order valence-electron chi connectivity index (χ0n) is 37.6. The number of aromatic nitrogens is 3. The molecule has 0 aliphatic heterocycles. The van der Waals surface area contributed by atoms with Crippen LogP contribution < -0.4 is 15.3 Å². The molecule has 3 aromatic carbocycles. The molecule has 5 aromatic rings. The van der Waals surface area contributed by atoms with Gasteiger partial charge in [-0.3, -0.25) is 4.98 Å². The number of nitrogens with zero attached hydrogens (tertiary/aromatic N) is 3. The number of para-hydroxylation sites is 2. The molecular weight excluding hydrogens is 768 g/mol. The van der Waals surface area contributed by atoms with Crippen LogP contribution >= 0.6 is 11.6 Å². The zero-order chi connectivity index (χ0) is 43.4. The van der Waals surface area contributed by atoms with Crippen molar-refractivity contribution in [2.24, 2.45) is 40.4 Å². The van der Waals surface area contributed by atoms with Gasteiger partial charge in [0.05, 0.1) is 18.8 Å². The number of hydrogen-bond acceptors (Lipinski definition) is 6. The van der Waals surface area contributed by atoms with E-state index in [9.17, 15) is 4.79 Å². The maximum absolute atomic E-state index is 15.5. The molecule has 6 rings (SSSR count). The second-order valence-corrected chi connectivity index (χ2v) is 20.4. The van der Waals surface area contributed by atoms with Crippen LogP contribution in [0.2, 0.25) is 5.02 Å². The van der Waals surface area contributed by atoms with Crippen molar-refractivity contribution in [3.05, 3.63) is 112 Å². The Morgan fingerprint density at radius 2 is 1.42 bits per heavy atom. The van der Waals surface area contributed by atoms with Crippen molar-refractivity contribution < 1.29 is 14.3 Å². The average Bonchev–Trinajstić information content (AvgIpc) is 3.51. The lowest BCUT2D eigenvalue weighted by Gasteiger charge is -2.50. The molecule has 2 heterocycles. The molecule has 3 atom stereocenters. The smallest absolute Gasteiger partial charge is 0.342 e. The summed E-state index contributed by atoms with van der Waals surface area (Å²) in [5.41, 5.74) is 3.49. The van der Waals surface area contributed by atoms with Gasteiger partial charge in [0, 0.05) is 33.8 Å². The first-order chi connectivity index (χ1) is 28.4. The Balaban J connectivity index is 1.54. The molecule has 3 unspecified atom stereocenters. The maximum Gasteiger partial charge on any atom is 0.342 e. The molecule has 0 radical (unpaired) electrons. The largest absolute Gasteiger partial charge is 0.465 e. The third kappa shape index (κ3) is 10.7. The number of anilines is 2. The van der Waals surface area contributed by atoms with Crippen molar-refractivity contribution in [2.45, 2.75) is 120 Å². The summed E-state index contributed by atoms with van der Waals surface area (Å²) < 4.78 is 14.7. The fraction of sp³-hybridized carbons (Fsp3) is 0.510. The number of benzene rings is 3. The standard InChI is InChI=1S/C51H67ClN4O4/c1-33(2)18-17-19-34(3)28-29-59-48-53-46-44(47(57)60-45-40(50(5,6)7)30-35(4)31-41(45)51(8,9)10)43(36-24-26-37(52)27-25-36)42(56(46)49(58)54-48)32-55(38-20-13-11-14-21-38)39-22-15-12-16-23-39/h11-16,20-27,33-35,40-41,45H,17-19,28-32H2,1-10H3,(H,53,54,58). The average molecular weight is 836 g/mol. The van der Waals surface area contributed by atoms with Gasteiger partial charge in [0.15, 0.2) is 5.65 Å². The van der Waals surface area contributed by atoms with Crippen molar-refractivity contribution in [1.82, 2.24) is 14.4 Å². The summed E-state index contributed by atoms with van der Waals surface area (Å²) in [4.78, 5) is 40.2. The monoisotopic (exact) mass is 834 g/mol. The Labute approximate surface area is 363 Å². The van der Waals surface area contributed by atoms with E-state index in [4.69, 9.17) is 26.1 Å². The van der Waals surface area contributed by atoms with E-state index < -0.39 is 11.7 Å². The molecule has 322 valence electrons. The van der Waals surface area contributed by atoms with Gasteiger partial charge in [-0.1, -0.05) is 149 Å². The van der Waals surface area contributed by atoms with E-state index in [1.165, 1.54) is 12.8 Å². The van der Waals surface area contributed by atoms with Gasteiger partial charge in [0.1, 0.15) is 11.7 Å². The molecule has 1 aliphatic rings. The molecule has 60 heavy (non-hydrogen) atoms. The Morgan fingerprint density at radius 3 is 1.95 bits per heavy atom. The molecule has 0 saturated heterocycles. The van der Waals surface area contributed by atoms with E-state index >= 15 is 4.79 Å². The number of ether oxygens (including phenoxy) is 2. The van der Waals surface area contributed by atoms with Gasteiger partial charge in [-0.2, -0.15) is 4.98 Å². The lowest BCUT2D eigenvalue weighted by Crippen LogP contribution is -2.49. The van der Waals surface area contributed by atoms with E-state index in [1.807, 2.05) is 84.9 Å². The van der Waals surface area contributed by atoms with E-state index in [0.717, 1.165) is 42.6 Å². The van der Waals surface area contributed by atoms with Gasteiger partial charge in [-0.25, -0.2) is 14.0 Å². The summed E-state index contributed by atoms with van der Waals surface area (Å²) in [7, 11) is 0. The van der Waals surface area contributed by atoms with Crippen molar-refractivity contribution >= 4 is 34.6 Å². The summed E-state index contributed by atoms with van der Waals surface area (Å²) in [6.45, 7) is 23.2. The minimum Gasteiger partial charge on any atom is -0.465 e. The van der Waals surface area contributed by atoms with Crippen LogP contribution in [0.25, 0.3) is 16.8 Å². The third-order valence-corrected chi connectivity index (χ3v) is 12.8. The molecule has 0 bridgehead atoms. The van der Waals surface area contributed by atoms with Crippen LogP contribution in [-0.2, 0) is 11.3 Å². The van der Waals surface area contributed by atoms with Crippen molar-refractivity contribution in [2.75, 3.05) is 11.5 Å². The fourth-order valence-corrected chi connectivity index (χ4v) is 9.29. The van der Waals surface area contributed by atoms with Crippen LogP contribution in [0.1, 0.15) is 124 Å². The molecule has 0 amide bonds. The highest BCUT2D eigenvalue weighted by molar-refractivity contribution is 6.30. The van der Waals surface area contributed by atoms with Crippen molar-refractivity contribution in [3.63, 3.8) is 0 Å². The molecule has 8 nitrogen and oxygen atoms in total. The number of carbonyl (C=O) groups excluding carboxylic acids is 1. The predicted octanol–water partition coefficient (Wildman–Crippen LogP) is 13.2. The van der Waals surface area contributed by atoms with E-state index in [2.05, 4.69) is 79.1 Å². The number of H-pyrrole nitrogens is 1. The second-order valence-electron chi connectivity index (χ2n) is 19.9. The zero-order valence-corrected chi connectivity index (χ0v) is 38.3. The normalized spacial score (nSPS) is 19.1. The van der Waals surface area contributed by atoms with Gasteiger partial charge in [0.25, 0.3) is 6.01 Å². The molecule has 1 fully saturated rings. The summed E-state index contributed by atoms with van der Waals surface area (Å²) in [5.74, 6) is 1.35. The van der Waals surface area contributed by atoms with Crippen LogP contribution in [-0.4, -0.2) is 33.0 Å². The third-order valence-electron chi connectivity index (χ3n) is 12.6. The Kier molecular flexibility index (Phi) is 14.2. The van der Waals surface area contributed by atoms with Gasteiger partial charge in [0.2, 0.25) is 0 Å². The van der Waals surface area contributed by atoms with Gasteiger partial charge >= 0.3 is 11.7 Å². The van der Waals surface area contributed by atoms with Gasteiger partial charge < -0.3 is 14.4 Å². The lowest BCUT2D eigenvalue weighted by molar-refractivity contribution is -0.0922. The molecule has 1 aliphatic carbocycles. The number of esters is 1. The predicted molar refractivity (Wildman–Crippen MR) is 246 cm³/mol. The lowest BCUT2D eigenvalue weighted by atomic mass is 9.59. The van der Waals surface area contributed by atoms with Gasteiger partial charge in [-0.15, -0.1) is 0 Å². The molecule has 9 heteroatoms. The summed E-state index contributed by atoms with van der Waals surface area (Å²) in [6, 6.07) is 27.6. The first-order valence-corrected chi connectivity index (χ1v) is 22.4. The Bertz CT molecular complexity index is 2170. The van der Waals surface area contributed by atoms with Crippen LogP contribution in [0, 0.1) is 40.4 Å². The second kappa shape index (κ2) is 19.0. The van der Waals surface area contributed by atoms with Crippen LogP contribution in [0.3, 0.4) is 0 Å². The first kappa shape index (κ1) is 45.0.